The molecule has 27 heavy (non-hydrogen) atoms. The molecule has 0 bridgehead atoms. The number of aromatic nitrogens is 1. The molecule has 1 heterocycles. The number of hydrogen-bond acceptors (Lipinski definition) is 2. The molecule has 0 aliphatic rings. The Morgan fingerprint density at radius 3 is 1.52 bits per heavy atom. The van der Waals surface area contributed by atoms with Gasteiger partial charge in [0.15, 0.2) is 0 Å². The van der Waals surface area contributed by atoms with Crippen molar-refractivity contribution < 1.29 is 0 Å². The molecule has 0 N–H and O–H groups in total. The summed E-state index contributed by atoms with van der Waals surface area (Å²) in [7, 11) is 0. The summed E-state index contributed by atoms with van der Waals surface area (Å²) in [6.07, 6.45) is 3.67. The lowest BCUT2D eigenvalue weighted by Gasteiger charge is -2.25. The predicted molar refractivity (Wildman–Crippen MR) is 112 cm³/mol. The number of nitrogens with zero attached hydrogens (tertiary/aromatic N) is 2. The van der Waals surface area contributed by atoms with Crippen LogP contribution >= 0.6 is 0 Å². The Labute approximate surface area is 160 Å². The van der Waals surface area contributed by atoms with Gasteiger partial charge in [-0.05, 0) is 46.5 Å². The van der Waals surface area contributed by atoms with Gasteiger partial charge in [-0.2, -0.15) is 0 Å². The van der Waals surface area contributed by atoms with Crippen molar-refractivity contribution in [2.24, 2.45) is 0 Å². The maximum atomic E-state index is 4.10. The van der Waals surface area contributed by atoms with Gasteiger partial charge in [0, 0.05) is 31.2 Å². The molecule has 0 atom stereocenters. The molecular formula is C25H22N2. The number of rotatable bonds is 6. The Morgan fingerprint density at radius 1 is 0.519 bits per heavy atom. The third-order valence-electron chi connectivity index (χ3n) is 4.68. The summed E-state index contributed by atoms with van der Waals surface area (Å²) in [4.78, 5) is 6.52. The van der Waals surface area contributed by atoms with E-state index in [-0.39, 0.29) is 0 Å². The highest BCUT2D eigenvalue weighted by Crippen LogP contribution is 2.25. The van der Waals surface area contributed by atoms with Crippen LogP contribution in [0.3, 0.4) is 0 Å². The van der Waals surface area contributed by atoms with E-state index in [1.54, 1.807) is 0 Å². The van der Waals surface area contributed by atoms with Gasteiger partial charge in [-0.25, -0.2) is 0 Å². The maximum absolute atomic E-state index is 4.10. The molecule has 4 rings (SSSR count). The van der Waals surface area contributed by atoms with Crippen LogP contribution in [0, 0.1) is 0 Å². The highest BCUT2D eigenvalue weighted by molar-refractivity contribution is 5.66. The standard InChI is InChI=1S/C25H22N2/c1-3-7-21(8-4-1)19-27(20-22-9-5-2-6-10-22)25-13-11-23(12-14-25)24-15-17-26-18-16-24/h1-18H,19-20H2. The van der Waals surface area contributed by atoms with E-state index < -0.39 is 0 Å². The van der Waals surface area contributed by atoms with Crippen LogP contribution < -0.4 is 4.90 Å². The van der Waals surface area contributed by atoms with Gasteiger partial charge in [0.2, 0.25) is 0 Å². The van der Waals surface area contributed by atoms with E-state index in [2.05, 4.69) is 94.8 Å². The van der Waals surface area contributed by atoms with Crippen molar-refractivity contribution in [3.63, 3.8) is 0 Å². The molecule has 2 heteroatoms. The Balaban J connectivity index is 1.61. The molecule has 4 aromatic rings. The molecule has 0 fully saturated rings. The number of pyridine rings is 1. The van der Waals surface area contributed by atoms with Crippen LogP contribution in [0.4, 0.5) is 5.69 Å². The lowest BCUT2D eigenvalue weighted by molar-refractivity contribution is 0.800. The number of anilines is 1. The van der Waals surface area contributed by atoms with Crippen molar-refractivity contribution >= 4 is 5.69 Å². The molecule has 0 radical (unpaired) electrons. The summed E-state index contributed by atoms with van der Waals surface area (Å²) >= 11 is 0. The van der Waals surface area contributed by atoms with Crippen molar-refractivity contribution in [3.05, 3.63) is 121 Å². The monoisotopic (exact) mass is 350 g/mol. The fourth-order valence-electron chi connectivity index (χ4n) is 3.26. The quantitative estimate of drug-likeness (QED) is 0.427. The average molecular weight is 350 g/mol. The number of benzene rings is 3. The highest BCUT2D eigenvalue weighted by atomic mass is 15.1. The van der Waals surface area contributed by atoms with E-state index in [1.807, 2.05) is 24.5 Å². The Hall–Kier alpha value is -3.39. The van der Waals surface area contributed by atoms with Crippen LogP contribution in [0.5, 0.6) is 0 Å². The smallest absolute Gasteiger partial charge is 0.0433 e. The van der Waals surface area contributed by atoms with Crippen LogP contribution in [0.2, 0.25) is 0 Å². The van der Waals surface area contributed by atoms with Crippen molar-refractivity contribution in [3.8, 4) is 11.1 Å². The zero-order chi connectivity index (χ0) is 18.3. The molecule has 0 spiro atoms. The van der Waals surface area contributed by atoms with Crippen molar-refractivity contribution in [1.82, 2.24) is 4.98 Å². The van der Waals surface area contributed by atoms with Gasteiger partial charge in [0.1, 0.15) is 0 Å². The van der Waals surface area contributed by atoms with Crippen LogP contribution in [0.25, 0.3) is 11.1 Å². The Bertz CT molecular complexity index is 908. The normalized spacial score (nSPS) is 10.5. The zero-order valence-corrected chi connectivity index (χ0v) is 15.2. The zero-order valence-electron chi connectivity index (χ0n) is 15.2. The fraction of sp³-hybridized carbons (Fsp3) is 0.0800. The molecule has 1 aromatic heterocycles. The summed E-state index contributed by atoms with van der Waals surface area (Å²) in [6, 6.07) is 34.1. The third-order valence-corrected chi connectivity index (χ3v) is 4.68. The second-order valence-corrected chi connectivity index (χ2v) is 6.61. The molecule has 0 aliphatic carbocycles. The predicted octanol–water partition coefficient (Wildman–Crippen LogP) is 5.96. The summed E-state index contributed by atoms with van der Waals surface area (Å²) in [6.45, 7) is 1.76. The molecular weight excluding hydrogens is 328 g/mol. The molecule has 0 unspecified atom stereocenters. The topological polar surface area (TPSA) is 16.1 Å². The summed E-state index contributed by atoms with van der Waals surface area (Å²) in [5.74, 6) is 0. The first kappa shape index (κ1) is 17.0. The maximum Gasteiger partial charge on any atom is 0.0433 e. The second-order valence-electron chi connectivity index (χ2n) is 6.61. The average Bonchev–Trinajstić information content (AvgIpc) is 2.76. The van der Waals surface area contributed by atoms with Gasteiger partial charge in [0.05, 0.1) is 0 Å². The second kappa shape index (κ2) is 8.33. The van der Waals surface area contributed by atoms with Gasteiger partial charge in [-0.3, -0.25) is 4.98 Å². The summed E-state index contributed by atoms with van der Waals surface area (Å²) in [5.41, 5.74) is 6.24. The van der Waals surface area contributed by atoms with Crippen LogP contribution in [0.15, 0.2) is 109 Å². The molecule has 0 aliphatic heterocycles. The summed E-state index contributed by atoms with van der Waals surface area (Å²) in [5, 5.41) is 0. The fourth-order valence-corrected chi connectivity index (χ4v) is 3.26. The van der Waals surface area contributed by atoms with Crippen LogP contribution in [-0.2, 0) is 13.1 Å². The lowest BCUT2D eigenvalue weighted by atomic mass is 10.1. The van der Waals surface area contributed by atoms with E-state index in [0.717, 1.165) is 13.1 Å². The third kappa shape index (κ3) is 4.42. The van der Waals surface area contributed by atoms with Gasteiger partial charge in [0.25, 0.3) is 0 Å². The van der Waals surface area contributed by atoms with Crippen molar-refractivity contribution in [2.45, 2.75) is 13.1 Å². The molecule has 0 saturated heterocycles. The lowest BCUT2D eigenvalue weighted by Crippen LogP contribution is -2.22. The largest absolute Gasteiger partial charge is 0.363 e. The van der Waals surface area contributed by atoms with E-state index in [0.29, 0.717) is 0 Å². The summed E-state index contributed by atoms with van der Waals surface area (Å²) < 4.78 is 0. The van der Waals surface area contributed by atoms with E-state index >= 15 is 0 Å². The molecule has 0 saturated carbocycles. The van der Waals surface area contributed by atoms with Gasteiger partial charge >= 0.3 is 0 Å². The van der Waals surface area contributed by atoms with Crippen molar-refractivity contribution in [2.75, 3.05) is 4.90 Å². The van der Waals surface area contributed by atoms with Gasteiger partial charge in [-0.15, -0.1) is 0 Å². The molecule has 132 valence electrons. The van der Waals surface area contributed by atoms with Crippen LogP contribution in [0.1, 0.15) is 11.1 Å². The first-order valence-electron chi connectivity index (χ1n) is 9.22. The van der Waals surface area contributed by atoms with E-state index in [9.17, 15) is 0 Å². The number of hydrogen-bond donors (Lipinski definition) is 0. The molecule has 3 aromatic carbocycles. The van der Waals surface area contributed by atoms with E-state index in [4.69, 9.17) is 0 Å². The van der Waals surface area contributed by atoms with Crippen molar-refractivity contribution in [1.29, 1.82) is 0 Å². The minimum absolute atomic E-state index is 0.879. The Morgan fingerprint density at radius 2 is 1.00 bits per heavy atom. The highest BCUT2D eigenvalue weighted by Gasteiger charge is 2.09. The first-order chi connectivity index (χ1) is 13.4. The minimum atomic E-state index is 0.879. The molecule has 0 amide bonds. The first-order valence-corrected chi connectivity index (χ1v) is 9.22. The van der Waals surface area contributed by atoms with Gasteiger partial charge < -0.3 is 4.90 Å². The molecule has 2 nitrogen and oxygen atoms in total. The van der Waals surface area contributed by atoms with Crippen LogP contribution in [-0.4, -0.2) is 4.98 Å². The minimum Gasteiger partial charge on any atom is -0.363 e. The van der Waals surface area contributed by atoms with Gasteiger partial charge in [-0.1, -0.05) is 72.8 Å². The SMILES string of the molecule is c1ccc(CN(Cc2ccccc2)c2ccc(-c3ccncc3)cc2)cc1. The van der Waals surface area contributed by atoms with E-state index in [1.165, 1.54) is 27.9 Å². The Kier molecular flexibility index (Phi) is 5.26.